The molecule has 9 heteroatoms. The summed E-state index contributed by atoms with van der Waals surface area (Å²) in [6.45, 7) is 4.45. The minimum atomic E-state index is -0.0599. The molecule has 0 aromatic carbocycles. The zero-order valence-corrected chi connectivity index (χ0v) is 17.7. The van der Waals surface area contributed by atoms with E-state index in [1.165, 1.54) is 12.8 Å². The van der Waals surface area contributed by atoms with Gasteiger partial charge in [-0.2, -0.15) is 4.98 Å². The Morgan fingerprint density at radius 1 is 1.30 bits per heavy atom. The quantitative estimate of drug-likeness (QED) is 0.637. The maximum absolute atomic E-state index is 12.6. The number of rotatable bonds is 7. The van der Waals surface area contributed by atoms with Crippen LogP contribution in [0.15, 0.2) is 18.5 Å². The number of nitrogens with one attached hydrogen (secondary N) is 3. The maximum atomic E-state index is 12.6. The summed E-state index contributed by atoms with van der Waals surface area (Å²) >= 11 is 0. The summed E-state index contributed by atoms with van der Waals surface area (Å²) < 4.78 is 5.75. The average molecular weight is 414 g/mol. The summed E-state index contributed by atoms with van der Waals surface area (Å²) in [6, 6.07) is 2.10. The largest absolute Gasteiger partial charge is 0.379 e. The van der Waals surface area contributed by atoms with Crippen LogP contribution in [0, 0.1) is 12.8 Å². The van der Waals surface area contributed by atoms with Crippen molar-refractivity contribution in [2.75, 3.05) is 30.4 Å². The molecule has 4 rings (SSSR count). The van der Waals surface area contributed by atoms with E-state index in [4.69, 9.17) is 9.72 Å². The highest BCUT2D eigenvalue weighted by Gasteiger charge is 2.34. The number of nitrogens with zero attached hydrogens (tertiary/aromatic N) is 4. The monoisotopic (exact) mass is 413 g/mol. The molecule has 3 heterocycles. The van der Waals surface area contributed by atoms with Crippen molar-refractivity contribution in [1.29, 1.82) is 0 Å². The van der Waals surface area contributed by atoms with Gasteiger partial charge >= 0.3 is 0 Å². The Hall–Kier alpha value is -2.68. The highest BCUT2D eigenvalue weighted by molar-refractivity contribution is 5.78. The van der Waals surface area contributed by atoms with Gasteiger partial charge in [-0.15, -0.1) is 0 Å². The molecule has 1 aliphatic carbocycles. The number of aromatic nitrogens is 4. The third-order valence-corrected chi connectivity index (χ3v) is 6.01. The fourth-order valence-electron chi connectivity index (χ4n) is 4.38. The Bertz CT molecular complexity index is 836. The number of ether oxygens (including phenoxy) is 1. The molecule has 0 bridgehead atoms. The van der Waals surface area contributed by atoms with Crippen LogP contribution >= 0.6 is 0 Å². The number of anilines is 2. The number of carbonyl (C=O) groups is 1. The van der Waals surface area contributed by atoms with Gasteiger partial charge in [0.25, 0.3) is 0 Å². The number of hydrogen-bond donors (Lipinski definition) is 3. The first kappa shape index (κ1) is 20.6. The minimum Gasteiger partial charge on any atom is -0.379 e. The Kier molecular flexibility index (Phi) is 6.47. The van der Waals surface area contributed by atoms with E-state index in [1.54, 1.807) is 19.5 Å². The van der Waals surface area contributed by atoms with Crippen LogP contribution in [-0.4, -0.2) is 58.2 Å². The van der Waals surface area contributed by atoms with Crippen molar-refractivity contribution in [3.63, 3.8) is 0 Å². The van der Waals surface area contributed by atoms with Crippen LogP contribution in [0.5, 0.6) is 0 Å². The topological polar surface area (TPSA) is 108 Å². The third-order valence-electron chi connectivity index (χ3n) is 6.01. The summed E-state index contributed by atoms with van der Waals surface area (Å²) in [5.74, 6) is 2.39. The summed E-state index contributed by atoms with van der Waals surface area (Å²) in [7, 11) is 1.71. The summed E-state index contributed by atoms with van der Waals surface area (Å²) in [4.78, 5) is 31.3. The van der Waals surface area contributed by atoms with E-state index in [-0.39, 0.29) is 24.0 Å². The number of carbonyl (C=O) groups excluding carboxylic acids is 1. The zero-order chi connectivity index (χ0) is 20.9. The molecule has 0 radical (unpaired) electrons. The van der Waals surface area contributed by atoms with Crippen LogP contribution in [-0.2, 0) is 16.1 Å². The number of imidazole rings is 1. The van der Waals surface area contributed by atoms with Gasteiger partial charge in [0.1, 0.15) is 11.6 Å². The van der Waals surface area contributed by atoms with E-state index in [0.717, 1.165) is 49.2 Å². The van der Waals surface area contributed by atoms with E-state index in [0.29, 0.717) is 13.0 Å². The van der Waals surface area contributed by atoms with Gasteiger partial charge in [0, 0.05) is 50.3 Å². The molecule has 9 nitrogen and oxygen atoms in total. The minimum absolute atomic E-state index is 0.0522. The summed E-state index contributed by atoms with van der Waals surface area (Å²) in [5.41, 5.74) is 0.953. The second-order valence-corrected chi connectivity index (χ2v) is 8.18. The van der Waals surface area contributed by atoms with Gasteiger partial charge in [-0.05, 0) is 39.0 Å². The number of aromatic amines is 1. The third kappa shape index (κ3) is 4.89. The van der Waals surface area contributed by atoms with Crippen molar-refractivity contribution in [2.45, 2.75) is 57.7 Å². The Morgan fingerprint density at radius 2 is 2.13 bits per heavy atom. The Balaban J connectivity index is 1.36. The van der Waals surface area contributed by atoms with Crippen molar-refractivity contribution in [3.8, 4) is 0 Å². The molecule has 162 valence electrons. The summed E-state index contributed by atoms with van der Waals surface area (Å²) in [6.07, 6.45) is 8.11. The van der Waals surface area contributed by atoms with E-state index in [1.807, 2.05) is 13.0 Å². The SMILES string of the molecule is CO[C@H]1C[C@@H](C(=O)NCc2ncc[nH]2)CC[C@@H]1Nc1cc(C)nc(N2CCCC2)n1. The van der Waals surface area contributed by atoms with E-state index < -0.39 is 0 Å². The van der Waals surface area contributed by atoms with Gasteiger partial charge in [0.2, 0.25) is 11.9 Å². The predicted molar refractivity (Wildman–Crippen MR) is 114 cm³/mol. The zero-order valence-electron chi connectivity index (χ0n) is 17.7. The Labute approximate surface area is 177 Å². The fraction of sp³-hybridized carbons (Fsp3) is 0.619. The molecule has 30 heavy (non-hydrogen) atoms. The van der Waals surface area contributed by atoms with E-state index >= 15 is 0 Å². The lowest BCUT2D eigenvalue weighted by molar-refractivity contribution is -0.127. The van der Waals surface area contributed by atoms with Crippen molar-refractivity contribution >= 4 is 17.7 Å². The lowest BCUT2D eigenvalue weighted by Gasteiger charge is -2.35. The van der Waals surface area contributed by atoms with Crippen molar-refractivity contribution in [3.05, 3.63) is 30.0 Å². The normalized spacial score (nSPS) is 24.1. The molecule has 1 aliphatic heterocycles. The molecule has 3 N–H and O–H groups in total. The number of H-pyrrole nitrogens is 1. The molecule has 0 spiro atoms. The van der Waals surface area contributed by atoms with Crippen LogP contribution in [0.25, 0.3) is 0 Å². The highest BCUT2D eigenvalue weighted by Crippen LogP contribution is 2.29. The molecule has 2 aromatic heterocycles. The van der Waals surface area contributed by atoms with Gasteiger partial charge in [-0.3, -0.25) is 4.79 Å². The van der Waals surface area contributed by atoms with Crippen molar-refractivity contribution in [1.82, 2.24) is 25.3 Å². The molecular weight excluding hydrogens is 382 g/mol. The highest BCUT2D eigenvalue weighted by atomic mass is 16.5. The van der Waals surface area contributed by atoms with Crippen LogP contribution in [0.2, 0.25) is 0 Å². The van der Waals surface area contributed by atoms with E-state index in [9.17, 15) is 4.79 Å². The van der Waals surface area contributed by atoms with Gasteiger partial charge in [0.15, 0.2) is 0 Å². The molecular formula is C21H31N7O2. The fourth-order valence-corrected chi connectivity index (χ4v) is 4.38. The van der Waals surface area contributed by atoms with Crippen LogP contribution in [0.4, 0.5) is 11.8 Å². The van der Waals surface area contributed by atoms with Gasteiger partial charge < -0.3 is 25.3 Å². The first-order valence-corrected chi connectivity index (χ1v) is 10.8. The second kappa shape index (κ2) is 9.42. The first-order valence-electron chi connectivity index (χ1n) is 10.8. The molecule has 0 unspecified atom stereocenters. The molecule has 2 fully saturated rings. The molecule has 2 aliphatic rings. The standard InChI is InChI=1S/C21H31N7O2/c1-14-11-18(27-21(25-14)28-9-3-4-10-28)26-16-6-5-15(12-17(16)30-2)20(29)24-13-19-22-7-8-23-19/h7-8,11,15-17H,3-6,9-10,12-13H2,1-2H3,(H,22,23)(H,24,29)(H,25,26,27)/t15-,16-,17-/m0/s1. The molecule has 3 atom stereocenters. The predicted octanol–water partition coefficient (Wildman–Crippen LogP) is 2.02. The van der Waals surface area contributed by atoms with Crippen molar-refractivity contribution < 1.29 is 9.53 Å². The Morgan fingerprint density at radius 3 is 2.87 bits per heavy atom. The lowest BCUT2D eigenvalue weighted by atomic mass is 9.83. The molecule has 1 saturated carbocycles. The van der Waals surface area contributed by atoms with Crippen LogP contribution in [0.1, 0.15) is 43.6 Å². The van der Waals surface area contributed by atoms with Crippen LogP contribution in [0.3, 0.4) is 0 Å². The lowest BCUT2D eigenvalue weighted by Crippen LogP contribution is -2.44. The second-order valence-electron chi connectivity index (χ2n) is 8.18. The number of hydrogen-bond acceptors (Lipinski definition) is 7. The van der Waals surface area contributed by atoms with E-state index in [2.05, 4.69) is 30.5 Å². The van der Waals surface area contributed by atoms with Gasteiger partial charge in [-0.1, -0.05) is 0 Å². The van der Waals surface area contributed by atoms with Crippen molar-refractivity contribution in [2.24, 2.45) is 5.92 Å². The number of aryl methyl sites for hydroxylation is 1. The first-order chi connectivity index (χ1) is 14.6. The molecule has 1 amide bonds. The smallest absolute Gasteiger partial charge is 0.227 e. The summed E-state index contributed by atoms with van der Waals surface area (Å²) in [5, 5.41) is 6.53. The maximum Gasteiger partial charge on any atom is 0.227 e. The number of amides is 1. The van der Waals surface area contributed by atoms with Gasteiger partial charge in [-0.25, -0.2) is 9.97 Å². The molecule has 1 saturated heterocycles. The molecule has 2 aromatic rings. The van der Waals surface area contributed by atoms with Gasteiger partial charge in [0.05, 0.1) is 18.7 Å². The van der Waals surface area contributed by atoms with Crippen LogP contribution < -0.4 is 15.5 Å². The average Bonchev–Trinajstić information content (AvgIpc) is 3.46. The number of methoxy groups -OCH3 is 1.